The van der Waals surface area contributed by atoms with Gasteiger partial charge in [0.15, 0.2) is 0 Å². The Morgan fingerprint density at radius 3 is 2.20 bits per heavy atom. The highest BCUT2D eigenvalue weighted by Gasteiger charge is 2.23. The summed E-state index contributed by atoms with van der Waals surface area (Å²) >= 11 is 0. The van der Waals surface area contributed by atoms with Crippen LogP contribution in [0.1, 0.15) is 24.8 Å². The Labute approximate surface area is 235 Å². The van der Waals surface area contributed by atoms with Crippen LogP contribution in [0.15, 0.2) is 85.5 Å². The molecular formula is C30H35FN4O4S. The van der Waals surface area contributed by atoms with Gasteiger partial charge in [-0.1, -0.05) is 18.2 Å². The number of nitrogens with zero attached hydrogens (tertiary/aromatic N) is 2. The first-order valence-corrected chi connectivity index (χ1v) is 15.1. The lowest BCUT2D eigenvalue weighted by atomic mass is 10.0. The number of sulfonamides is 1. The number of halogens is 1. The highest BCUT2D eigenvalue weighted by molar-refractivity contribution is 7.92. The smallest absolute Gasteiger partial charge is 0.322 e. The maximum atomic E-state index is 13.4. The van der Waals surface area contributed by atoms with Crippen LogP contribution in [0.5, 0.6) is 11.5 Å². The minimum Gasteiger partial charge on any atom is -0.457 e. The lowest BCUT2D eigenvalue weighted by Crippen LogP contribution is -2.49. The molecular weight excluding hydrogens is 531 g/mol. The van der Waals surface area contributed by atoms with E-state index in [-0.39, 0.29) is 17.9 Å². The van der Waals surface area contributed by atoms with Gasteiger partial charge in [0.1, 0.15) is 17.3 Å². The maximum absolute atomic E-state index is 13.4. The number of anilines is 2. The van der Waals surface area contributed by atoms with Gasteiger partial charge in [-0.15, -0.1) is 6.58 Å². The van der Waals surface area contributed by atoms with Gasteiger partial charge in [0.2, 0.25) is 10.0 Å². The second kappa shape index (κ2) is 13.5. The topological polar surface area (TPSA) is 91.0 Å². The van der Waals surface area contributed by atoms with Gasteiger partial charge in [-0.3, -0.25) is 14.5 Å². The van der Waals surface area contributed by atoms with Gasteiger partial charge >= 0.3 is 6.03 Å². The molecule has 3 aromatic carbocycles. The molecule has 2 N–H and O–H groups in total. The molecule has 0 aliphatic carbocycles. The van der Waals surface area contributed by atoms with Crippen molar-refractivity contribution in [2.75, 3.05) is 35.5 Å². The molecule has 3 aromatic rings. The first kappa shape index (κ1) is 29.1. The molecule has 0 atom stereocenters. The molecule has 0 saturated carbocycles. The number of hydrogen-bond acceptors (Lipinski definition) is 5. The van der Waals surface area contributed by atoms with Gasteiger partial charge in [0.05, 0.1) is 6.26 Å². The predicted octanol–water partition coefficient (Wildman–Crippen LogP) is 5.75. The Bertz CT molecular complexity index is 1370. The van der Waals surface area contributed by atoms with Crippen LogP contribution in [0.2, 0.25) is 0 Å². The van der Waals surface area contributed by atoms with Crippen molar-refractivity contribution in [3.8, 4) is 11.5 Å². The van der Waals surface area contributed by atoms with Crippen LogP contribution in [-0.4, -0.2) is 51.3 Å². The van der Waals surface area contributed by atoms with Crippen molar-refractivity contribution >= 4 is 27.4 Å². The molecule has 1 aliphatic rings. The van der Waals surface area contributed by atoms with Gasteiger partial charge < -0.3 is 10.1 Å². The SMILES string of the molecule is C=CCCN(C(=O)NC1CCN(Cc2ccc(Oc3ccc(NS(C)(=O)=O)cc3)cc2)CC1)c1ccc(F)cc1. The first-order chi connectivity index (χ1) is 19.2. The zero-order valence-corrected chi connectivity index (χ0v) is 23.4. The molecule has 2 amide bonds. The van der Waals surface area contributed by atoms with E-state index in [4.69, 9.17) is 4.74 Å². The number of likely N-dealkylation sites (tertiary alicyclic amines) is 1. The van der Waals surface area contributed by atoms with Crippen LogP contribution in [0.4, 0.5) is 20.6 Å². The number of carbonyl (C=O) groups is 1. The third-order valence-corrected chi connectivity index (χ3v) is 7.18. The van der Waals surface area contributed by atoms with E-state index in [1.165, 1.54) is 12.1 Å². The van der Waals surface area contributed by atoms with E-state index in [1.807, 2.05) is 24.3 Å². The van der Waals surface area contributed by atoms with Crippen molar-refractivity contribution < 1.29 is 22.3 Å². The molecule has 0 spiro atoms. The average molecular weight is 567 g/mol. The van der Waals surface area contributed by atoms with Crippen molar-refractivity contribution in [1.29, 1.82) is 0 Å². The zero-order chi connectivity index (χ0) is 28.5. The fourth-order valence-corrected chi connectivity index (χ4v) is 5.10. The van der Waals surface area contributed by atoms with Crippen molar-refractivity contribution in [2.24, 2.45) is 0 Å². The molecule has 212 valence electrons. The summed E-state index contributed by atoms with van der Waals surface area (Å²) in [7, 11) is -3.32. The van der Waals surface area contributed by atoms with E-state index in [0.717, 1.165) is 44.3 Å². The molecule has 0 bridgehead atoms. The summed E-state index contributed by atoms with van der Waals surface area (Å²) in [5.74, 6) is 0.966. The summed E-state index contributed by atoms with van der Waals surface area (Å²) in [6.45, 7) is 6.74. The second-order valence-corrected chi connectivity index (χ2v) is 11.6. The highest BCUT2D eigenvalue weighted by Crippen LogP contribution is 2.25. The van der Waals surface area contributed by atoms with E-state index in [0.29, 0.717) is 35.8 Å². The van der Waals surface area contributed by atoms with E-state index in [2.05, 4.69) is 21.5 Å². The number of carbonyl (C=O) groups excluding carboxylic acids is 1. The van der Waals surface area contributed by atoms with Gasteiger partial charge in [0, 0.05) is 43.6 Å². The third-order valence-electron chi connectivity index (χ3n) is 6.58. The van der Waals surface area contributed by atoms with Crippen molar-refractivity contribution in [2.45, 2.75) is 31.8 Å². The number of rotatable bonds is 11. The summed E-state index contributed by atoms with van der Waals surface area (Å²) in [4.78, 5) is 17.0. The van der Waals surface area contributed by atoms with Crippen molar-refractivity contribution in [3.05, 3.63) is 96.8 Å². The normalized spacial score (nSPS) is 14.3. The maximum Gasteiger partial charge on any atom is 0.322 e. The first-order valence-electron chi connectivity index (χ1n) is 13.2. The fraction of sp³-hybridized carbons (Fsp3) is 0.300. The van der Waals surface area contributed by atoms with Gasteiger partial charge in [0.25, 0.3) is 0 Å². The largest absolute Gasteiger partial charge is 0.457 e. The molecule has 1 saturated heterocycles. The van der Waals surface area contributed by atoms with Gasteiger partial charge in [-0.2, -0.15) is 0 Å². The molecule has 1 aliphatic heterocycles. The Morgan fingerprint density at radius 2 is 1.62 bits per heavy atom. The summed E-state index contributed by atoms with van der Waals surface area (Å²) in [6.07, 6.45) is 5.20. The molecule has 4 rings (SSSR count). The quantitative estimate of drug-likeness (QED) is 0.289. The Hall–Kier alpha value is -3.89. The Morgan fingerprint density at radius 1 is 1.02 bits per heavy atom. The van der Waals surface area contributed by atoms with Crippen LogP contribution in [0.25, 0.3) is 0 Å². The van der Waals surface area contributed by atoms with Gasteiger partial charge in [-0.25, -0.2) is 17.6 Å². The minimum absolute atomic E-state index is 0.0743. The number of amides is 2. The van der Waals surface area contributed by atoms with Crippen LogP contribution in [0.3, 0.4) is 0 Å². The molecule has 1 fully saturated rings. The van der Waals surface area contributed by atoms with Crippen LogP contribution in [0, 0.1) is 5.82 Å². The number of ether oxygens (including phenoxy) is 1. The van der Waals surface area contributed by atoms with Crippen LogP contribution in [-0.2, 0) is 16.6 Å². The summed E-state index contributed by atoms with van der Waals surface area (Å²) < 4.78 is 44.4. The predicted molar refractivity (Wildman–Crippen MR) is 157 cm³/mol. The highest BCUT2D eigenvalue weighted by atomic mass is 32.2. The van der Waals surface area contributed by atoms with E-state index in [1.54, 1.807) is 47.4 Å². The molecule has 8 nitrogen and oxygen atoms in total. The summed E-state index contributed by atoms with van der Waals surface area (Å²) in [5.41, 5.74) is 2.30. The van der Waals surface area contributed by atoms with E-state index >= 15 is 0 Å². The van der Waals surface area contributed by atoms with Crippen molar-refractivity contribution in [1.82, 2.24) is 10.2 Å². The molecule has 10 heteroatoms. The number of nitrogens with one attached hydrogen (secondary N) is 2. The number of piperidine rings is 1. The number of urea groups is 1. The van der Waals surface area contributed by atoms with Crippen LogP contribution >= 0.6 is 0 Å². The minimum atomic E-state index is -3.32. The van der Waals surface area contributed by atoms with Crippen molar-refractivity contribution in [3.63, 3.8) is 0 Å². The van der Waals surface area contributed by atoms with Crippen LogP contribution < -0.4 is 19.7 Å². The molecule has 1 heterocycles. The Balaban J connectivity index is 1.24. The third kappa shape index (κ3) is 8.82. The molecule has 0 aromatic heterocycles. The van der Waals surface area contributed by atoms with E-state index in [9.17, 15) is 17.6 Å². The summed E-state index contributed by atoms with van der Waals surface area (Å²) in [6, 6.07) is 20.5. The lowest BCUT2D eigenvalue weighted by molar-refractivity contribution is 0.188. The lowest BCUT2D eigenvalue weighted by Gasteiger charge is -2.34. The second-order valence-electron chi connectivity index (χ2n) is 9.85. The standard InChI is InChI=1S/C30H35FN4O4S/c1-3-4-19-35(27-11-7-24(31)8-12-27)30(36)32-25-17-20-34(21-18-25)22-23-5-13-28(14-6-23)39-29-15-9-26(10-16-29)33-40(2,37)38/h3,5-16,25,33H,1,4,17-22H2,2H3,(H,32,36). The molecule has 0 radical (unpaired) electrons. The molecule has 0 unspecified atom stereocenters. The molecule has 40 heavy (non-hydrogen) atoms. The summed E-state index contributed by atoms with van der Waals surface area (Å²) in [5, 5.41) is 3.15. The zero-order valence-electron chi connectivity index (χ0n) is 22.6. The Kier molecular flexibility index (Phi) is 9.79. The average Bonchev–Trinajstić information content (AvgIpc) is 2.92. The number of benzene rings is 3. The monoisotopic (exact) mass is 566 g/mol. The van der Waals surface area contributed by atoms with E-state index < -0.39 is 10.0 Å². The number of hydrogen-bond donors (Lipinski definition) is 2. The fourth-order valence-electron chi connectivity index (χ4n) is 4.54. The van der Waals surface area contributed by atoms with Gasteiger partial charge in [-0.05, 0) is 85.5 Å².